The van der Waals surface area contributed by atoms with Gasteiger partial charge in [0, 0.05) is 18.2 Å². The normalized spacial score (nSPS) is 19.4. The molecule has 3 rings (SSSR count). The molecular weight excluding hydrogens is 322 g/mol. The lowest BCUT2D eigenvalue weighted by molar-refractivity contribution is 0.102. The second kappa shape index (κ2) is 5.95. The SMILES string of the molecule is Cc1cc(NC(=O)c2cc(NC3CCS(=O)(=O)C3)ncn2)no1. The summed E-state index contributed by atoms with van der Waals surface area (Å²) < 4.78 is 27.8. The van der Waals surface area contributed by atoms with Crippen LogP contribution < -0.4 is 10.6 Å². The number of hydrogen-bond donors (Lipinski definition) is 2. The van der Waals surface area contributed by atoms with Crippen molar-refractivity contribution in [1.82, 2.24) is 15.1 Å². The van der Waals surface area contributed by atoms with Crippen LogP contribution in [0, 0.1) is 6.92 Å². The quantitative estimate of drug-likeness (QED) is 0.831. The van der Waals surface area contributed by atoms with Gasteiger partial charge in [-0.05, 0) is 13.3 Å². The molecular formula is C13H15N5O4S. The number of rotatable bonds is 4. The van der Waals surface area contributed by atoms with Crippen LogP contribution in [0.5, 0.6) is 0 Å². The highest BCUT2D eigenvalue weighted by Crippen LogP contribution is 2.16. The topological polar surface area (TPSA) is 127 Å². The number of hydrogen-bond acceptors (Lipinski definition) is 8. The van der Waals surface area contributed by atoms with Crippen molar-refractivity contribution in [2.45, 2.75) is 19.4 Å². The van der Waals surface area contributed by atoms with E-state index in [4.69, 9.17) is 4.52 Å². The molecule has 2 aromatic rings. The highest BCUT2D eigenvalue weighted by molar-refractivity contribution is 7.91. The first-order valence-electron chi connectivity index (χ1n) is 6.95. The van der Waals surface area contributed by atoms with Crippen molar-refractivity contribution in [3.8, 4) is 0 Å². The Labute approximate surface area is 132 Å². The molecule has 23 heavy (non-hydrogen) atoms. The summed E-state index contributed by atoms with van der Waals surface area (Å²) >= 11 is 0. The summed E-state index contributed by atoms with van der Waals surface area (Å²) in [5, 5.41) is 9.24. The average molecular weight is 337 g/mol. The highest BCUT2D eigenvalue weighted by Gasteiger charge is 2.28. The van der Waals surface area contributed by atoms with E-state index >= 15 is 0 Å². The molecule has 1 unspecified atom stereocenters. The molecule has 3 heterocycles. The number of sulfone groups is 1. The fourth-order valence-corrected chi connectivity index (χ4v) is 3.96. The van der Waals surface area contributed by atoms with Crippen molar-refractivity contribution < 1.29 is 17.7 Å². The first kappa shape index (κ1) is 15.4. The molecule has 0 saturated carbocycles. The van der Waals surface area contributed by atoms with E-state index in [1.165, 1.54) is 12.4 Å². The Hall–Kier alpha value is -2.49. The fourth-order valence-electron chi connectivity index (χ4n) is 2.28. The third-order valence-electron chi connectivity index (χ3n) is 3.35. The van der Waals surface area contributed by atoms with Gasteiger partial charge in [0.05, 0.1) is 11.5 Å². The van der Waals surface area contributed by atoms with E-state index in [1.54, 1.807) is 13.0 Å². The average Bonchev–Trinajstić information content (AvgIpc) is 3.04. The number of carbonyl (C=O) groups is 1. The van der Waals surface area contributed by atoms with Crippen molar-refractivity contribution >= 4 is 27.4 Å². The van der Waals surface area contributed by atoms with Gasteiger partial charge in [-0.15, -0.1) is 0 Å². The van der Waals surface area contributed by atoms with E-state index in [2.05, 4.69) is 25.8 Å². The molecule has 1 saturated heterocycles. The summed E-state index contributed by atoms with van der Waals surface area (Å²) in [5.41, 5.74) is 0.143. The maximum Gasteiger partial charge on any atom is 0.275 e. The minimum Gasteiger partial charge on any atom is -0.366 e. The maximum atomic E-state index is 12.1. The molecule has 1 fully saturated rings. The van der Waals surface area contributed by atoms with Crippen LogP contribution in [-0.4, -0.2) is 47.0 Å². The van der Waals surface area contributed by atoms with Crippen molar-refractivity contribution in [2.75, 3.05) is 22.1 Å². The largest absolute Gasteiger partial charge is 0.366 e. The molecule has 0 aromatic carbocycles. The summed E-state index contributed by atoms with van der Waals surface area (Å²) in [4.78, 5) is 20.0. The van der Waals surface area contributed by atoms with Crippen LogP contribution in [0.1, 0.15) is 22.7 Å². The molecule has 1 atom stereocenters. The minimum absolute atomic E-state index is 0.0662. The number of nitrogens with zero attached hydrogens (tertiary/aromatic N) is 3. The molecule has 0 bridgehead atoms. The van der Waals surface area contributed by atoms with Crippen LogP contribution in [0.2, 0.25) is 0 Å². The third-order valence-corrected chi connectivity index (χ3v) is 5.12. The van der Waals surface area contributed by atoms with Gasteiger partial charge >= 0.3 is 0 Å². The van der Waals surface area contributed by atoms with Gasteiger partial charge in [0.1, 0.15) is 23.6 Å². The first-order valence-corrected chi connectivity index (χ1v) is 8.77. The van der Waals surface area contributed by atoms with Crippen LogP contribution >= 0.6 is 0 Å². The molecule has 1 aliphatic rings. The van der Waals surface area contributed by atoms with Crippen LogP contribution in [0.25, 0.3) is 0 Å². The van der Waals surface area contributed by atoms with Gasteiger partial charge in [-0.2, -0.15) is 0 Å². The van der Waals surface area contributed by atoms with Crippen LogP contribution in [-0.2, 0) is 9.84 Å². The van der Waals surface area contributed by atoms with E-state index in [0.29, 0.717) is 23.8 Å². The second-order valence-corrected chi connectivity index (χ2v) is 7.54. The van der Waals surface area contributed by atoms with Crippen LogP contribution in [0.3, 0.4) is 0 Å². The number of carbonyl (C=O) groups excluding carboxylic acids is 1. The molecule has 9 nitrogen and oxygen atoms in total. The number of amides is 1. The van der Waals surface area contributed by atoms with Crippen molar-refractivity contribution in [2.24, 2.45) is 0 Å². The lowest BCUT2D eigenvalue weighted by atomic mass is 10.2. The molecule has 0 spiro atoms. The van der Waals surface area contributed by atoms with Gasteiger partial charge < -0.3 is 15.2 Å². The smallest absolute Gasteiger partial charge is 0.275 e. The predicted molar refractivity (Wildman–Crippen MR) is 81.9 cm³/mol. The van der Waals surface area contributed by atoms with E-state index in [9.17, 15) is 13.2 Å². The Kier molecular flexibility index (Phi) is 3.99. The Bertz CT molecular complexity index is 832. The molecule has 2 N–H and O–H groups in total. The van der Waals surface area contributed by atoms with Crippen molar-refractivity contribution in [3.63, 3.8) is 0 Å². The minimum atomic E-state index is -2.98. The zero-order valence-electron chi connectivity index (χ0n) is 12.3. The Morgan fingerprint density at radius 2 is 2.13 bits per heavy atom. The molecule has 0 aliphatic carbocycles. The van der Waals surface area contributed by atoms with E-state index in [-0.39, 0.29) is 23.2 Å². The third kappa shape index (κ3) is 3.83. The van der Waals surface area contributed by atoms with Gasteiger partial charge in [0.25, 0.3) is 5.91 Å². The molecule has 1 aliphatic heterocycles. The van der Waals surface area contributed by atoms with Gasteiger partial charge in [-0.1, -0.05) is 5.16 Å². The van der Waals surface area contributed by atoms with E-state index in [0.717, 1.165) is 0 Å². The lowest BCUT2D eigenvalue weighted by Gasteiger charge is -2.11. The van der Waals surface area contributed by atoms with Crippen molar-refractivity contribution in [1.29, 1.82) is 0 Å². The Morgan fingerprint density at radius 3 is 2.78 bits per heavy atom. The Balaban J connectivity index is 1.68. The zero-order chi connectivity index (χ0) is 16.4. The lowest BCUT2D eigenvalue weighted by Crippen LogP contribution is -2.22. The predicted octanol–water partition coefficient (Wildman–Crippen LogP) is 0.624. The summed E-state index contributed by atoms with van der Waals surface area (Å²) in [5.74, 6) is 1.05. The van der Waals surface area contributed by atoms with Gasteiger partial charge in [0.2, 0.25) is 0 Å². The van der Waals surface area contributed by atoms with Gasteiger partial charge in [0.15, 0.2) is 15.7 Å². The van der Waals surface area contributed by atoms with Gasteiger partial charge in [-0.25, -0.2) is 18.4 Å². The zero-order valence-corrected chi connectivity index (χ0v) is 13.1. The number of aryl methyl sites for hydroxylation is 1. The summed E-state index contributed by atoms with van der Waals surface area (Å²) in [6.45, 7) is 1.71. The highest BCUT2D eigenvalue weighted by atomic mass is 32.2. The van der Waals surface area contributed by atoms with Gasteiger partial charge in [-0.3, -0.25) is 4.79 Å². The molecule has 2 aromatic heterocycles. The summed E-state index contributed by atoms with van der Waals surface area (Å²) in [6.07, 6.45) is 1.76. The Morgan fingerprint density at radius 1 is 1.30 bits per heavy atom. The fraction of sp³-hybridized carbons (Fsp3) is 0.385. The van der Waals surface area contributed by atoms with Crippen LogP contribution in [0.15, 0.2) is 23.0 Å². The molecule has 1 amide bonds. The number of anilines is 2. The van der Waals surface area contributed by atoms with Crippen molar-refractivity contribution in [3.05, 3.63) is 29.9 Å². The summed E-state index contributed by atoms with van der Waals surface area (Å²) in [7, 11) is -2.98. The molecule has 0 radical (unpaired) electrons. The molecule has 122 valence electrons. The number of aromatic nitrogens is 3. The van der Waals surface area contributed by atoms with Crippen LogP contribution in [0.4, 0.5) is 11.6 Å². The molecule has 10 heteroatoms. The maximum absolute atomic E-state index is 12.1. The second-order valence-electron chi connectivity index (χ2n) is 5.31. The monoisotopic (exact) mass is 337 g/mol. The standard InChI is InChI=1S/C13H15N5O4S/c1-8-4-12(18-22-8)17-13(19)10-5-11(15-7-14-10)16-9-2-3-23(20,21)6-9/h4-5,7,9H,2-3,6H2,1H3,(H,14,15,16)(H,17,18,19). The van der Waals surface area contributed by atoms with E-state index in [1.807, 2.05) is 0 Å². The first-order chi connectivity index (χ1) is 10.9. The van der Waals surface area contributed by atoms with E-state index < -0.39 is 15.7 Å². The number of nitrogens with one attached hydrogen (secondary N) is 2. The summed E-state index contributed by atoms with van der Waals surface area (Å²) in [6, 6.07) is 2.85.